The van der Waals surface area contributed by atoms with E-state index in [9.17, 15) is 13.7 Å². The first-order valence-electron chi connectivity index (χ1n) is 11.8. The summed E-state index contributed by atoms with van der Waals surface area (Å²) in [6, 6.07) is 24.9. The van der Waals surface area contributed by atoms with Gasteiger partial charge in [0.1, 0.15) is 22.9 Å². The summed E-state index contributed by atoms with van der Waals surface area (Å²) in [6.45, 7) is 2.33. The maximum Gasteiger partial charge on any atom is 0.307 e. The number of benzene rings is 4. The van der Waals surface area contributed by atoms with Crippen LogP contribution in [0.5, 0.6) is 5.75 Å². The van der Waals surface area contributed by atoms with Crippen LogP contribution in [0.3, 0.4) is 0 Å². The predicted molar refractivity (Wildman–Crippen MR) is 146 cm³/mol. The molecule has 0 aromatic heterocycles. The van der Waals surface area contributed by atoms with Crippen molar-refractivity contribution in [2.75, 3.05) is 23.8 Å². The molecule has 192 valence electrons. The third kappa shape index (κ3) is 6.34. The molecule has 2 atom stereocenters. The third-order valence-electron chi connectivity index (χ3n) is 6.15. The van der Waals surface area contributed by atoms with Crippen LogP contribution in [0.1, 0.15) is 18.9 Å². The van der Waals surface area contributed by atoms with Gasteiger partial charge in [-0.25, -0.2) is 9.11 Å². The van der Waals surface area contributed by atoms with Crippen molar-refractivity contribution in [2.45, 2.75) is 30.8 Å². The van der Waals surface area contributed by atoms with Crippen molar-refractivity contribution < 1.29 is 23.2 Å². The number of nitrogens with zero attached hydrogens (tertiary/aromatic N) is 1. The highest BCUT2D eigenvalue weighted by molar-refractivity contribution is 7.92. The van der Waals surface area contributed by atoms with Gasteiger partial charge in [0.15, 0.2) is 4.90 Å². The van der Waals surface area contributed by atoms with Gasteiger partial charge in [-0.1, -0.05) is 36.4 Å². The normalized spacial score (nSPS) is 12.6. The van der Waals surface area contributed by atoms with E-state index in [1.54, 1.807) is 37.4 Å². The van der Waals surface area contributed by atoms with Crippen LogP contribution in [0.2, 0.25) is 0 Å². The number of nitrogens with one attached hydrogen (secondary N) is 1. The summed E-state index contributed by atoms with van der Waals surface area (Å²) >= 11 is -1.49. The van der Waals surface area contributed by atoms with Gasteiger partial charge < -0.3 is 18.9 Å². The van der Waals surface area contributed by atoms with Gasteiger partial charge in [-0.2, -0.15) is 0 Å². The first kappa shape index (κ1) is 26.3. The summed E-state index contributed by atoms with van der Waals surface area (Å²) in [5.41, 5.74) is 2.36. The number of fused-ring (bicyclic) bond motifs is 1. The fraction of sp³-hybridized carbons (Fsp3) is 0.207. The second kappa shape index (κ2) is 12.0. The van der Waals surface area contributed by atoms with Crippen molar-refractivity contribution in [3.8, 4) is 5.75 Å². The van der Waals surface area contributed by atoms with Crippen LogP contribution in [0.25, 0.3) is 10.8 Å². The highest BCUT2D eigenvalue weighted by Crippen LogP contribution is 2.35. The average Bonchev–Trinajstić information content (AvgIpc) is 2.92. The van der Waals surface area contributed by atoms with Gasteiger partial charge in [-0.3, -0.25) is 4.79 Å². The van der Waals surface area contributed by atoms with Crippen molar-refractivity contribution in [1.82, 2.24) is 0 Å². The zero-order valence-electron chi connectivity index (χ0n) is 20.9. The monoisotopic (exact) mass is 520 g/mol. The lowest BCUT2D eigenvalue weighted by Gasteiger charge is -2.32. The quantitative estimate of drug-likeness (QED) is 0.202. The number of ether oxygens (including phenoxy) is 2. The molecule has 1 N–H and O–H groups in total. The lowest BCUT2D eigenvalue weighted by molar-refractivity contribution is -0.140. The number of halogens is 1. The van der Waals surface area contributed by atoms with Crippen LogP contribution in [-0.4, -0.2) is 30.8 Å². The van der Waals surface area contributed by atoms with Gasteiger partial charge in [0.25, 0.3) is 0 Å². The van der Waals surface area contributed by atoms with Crippen LogP contribution in [-0.2, 0) is 27.4 Å². The molecule has 0 fully saturated rings. The van der Waals surface area contributed by atoms with Gasteiger partial charge in [0, 0.05) is 29.0 Å². The largest absolute Gasteiger partial charge is 0.588 e. The van der Waals surface area contributed by atoms with Crippen LogP contribution in [0.4, 0.5) is 15.8 Å². The fourth-order valence-electron chi connectivity index (χ4n) is 4.23. The van der Waals surface area contributed by atoms with E-state index >= 15 is 0 Å². The molecule has 0 aliphatic carbocycles. The SMILES string of the molecule is COC(=O)C[C@H](C)N(Cc1cccc(F)c1)c1ccc(N[S+]([O-])c2ccc(OC)cc2)c2ccccc12. The molecule has 0 bridgehead atoms. The Morgan fingerprint density at radius 3 is 2.41 bits per heavy atom. The lowest BCUT2D eigenvalue weighted by atomic mass is 10.0. The molecule has 4 rings (SSSR count). The van der Waals surface area contributed by atoms with Crippen molar-refractivity contribution in [2.24, 2.45) is 0 Å². The molecule has 0 amide bonds. The van der Waals surface area contributed by atoms with E-state index in [1.165, 1.54) is 19.2 Å². The van der Waals surface area contributed by atoms with Crippen molar-refractivity contribution in [1.29, 1.82) is 0 Å². The molecule has 1 unspecified atom stereocenters. The van der Waals surface area contributed by atoms with E-state index in [1.807, 2.05) is 49.4 Å². The van der Waals surface area contributed by atoms with Crippen molar-refractivity contribution >= 4 is 39.5 Å². The third-order valence-corrected chi connectivity index (χ3v) is 7.26. The average molecular weight is 521 g/mol. The van der Waals surface area contributed by atoms with Gasteiger partial charge in [-0.15, -0.1) is 0 Å². The second-order valence-corrected chi connectivity index (χ2v) is 9.82. The van der Waals surface area contributed by atoms with E-state index < -0.39 is 11.4 Å². The zero-order chi connectivity index (χ0) is 26.4. The van der Waals surface area contributed by atoms with Gasteiger partial charge in [-0.05, 0) is 61.0 Å². The molecule has 4 aromatic rings. The molecule has 0 radical (unpaired) electrons. The minimum atomic E-state index is -1.49. The Morgan fingerprint density at radius 2 is 1.73 bits per heavy atom. The Balaban J connectivity index is 1.71. The second-order valence-electron chi connectivity index (χ2n) is 8.61. The number of hydrogen-bond donors (Lipinski definition) is 1. The number of rotatable bonds is 10. The first-order valence-corrected chi connectivity index (χ1v) is 13.0. The summed E-state index contributed by atoms with van der Waals surface area (Å²) in [4.78, 5) is 14.8. The Kier molecular flexibility index (Phi) is 8.53. The van der Waals surface area contributed by atoms with Crippen molar-refractivity contribution in [3.05, 3.63) is 96.3 Å². The molecule has 0 aliphatic rings. The minimum absolute atomic E-state index is 0.168. The highest BCUT2D eigenvalue weighted by Gasteiger charge is 2.22. The Bertz CT molecular complexity index is 1370. The molecule has 8 heteroatoms. The number of hydrogen-bond acceptors (Lipinski definition) is 6. The maximum absolute atomic E-state index is 14.0. The van der Waals surface area contributed by atoms with Crippen LogP contribution < -0.4 is 14.4 Å². The molecule has 6 nitrogen and oxygen atoms in total. The smallest absolute Gasteiger partial charge is 0.307 e. The maximum atomic E-state index is 14.0. The topological polar surface area (TPSA) is 73.9 Å². The van der Waals surface area contributed by atoms with Crippen molar-refractivity contribution in [3.63, 3.8) is 0 Å². The lowest BCUT2D eigenvalue weighted by Crippen LogP contribution is -2.35. The van der Waals surface area contributed by atoms with E-state index in [2.05, 4.69) is 9.62 Å². The van der Waals surface area contributed by atoms with E-state index in [-0.39, 0.29) is 24.2 Å². The molecular formula is C29H29FN2O4S. The molecule has 0 saturated carbocycles. The molecule has 0 spiro atoms. The summed E-state index contributed by atoms with van der Waals surface area (Å²) in [5, 5.41) is 1.78. The summed E-state index contributed by atoms with van der Waals surface area (Å²) in [6.07, 6.45) is 0.168. The molecule has 0 heterocycles. The van der Waals surface area contributed by atoms with Crippen LogP contribution in [0, 0.1) is 5.82 Å². The summed E-state index contributed by atoms with van der Waals surface area (Å²) in [5.74, 6) is 0.0488. The zero-order valence-corrected chi connectivity index (χ0v) is 21.8. The Hall–Kier alpha value is -3.75. The van der Waals surface area contributed by atoms with Gasteiger partial charge in [0.2, 0.25) is 0 Å². The minimum Gasteiger partial charge on any atom is -0.588 e. The standard InChI is InChI=1S/C29H29FN2O4S/c1-20(17-29(33)36-3)32(19-21-7-6-8-22(30)18-21)28-16-15-27(25-9-4-5-10-26(25)28)31-37(34)24-13-11-23(35-2)12-14-24/h4-16,18,20,31H,17,19H2,1-3H3/t20-,37?/m0/s1. The van der Waals surface area contributed by atoms with Crippen LogP contribution >= 0.6 is 0 Å². The molecular weight excluding hydrogens is 491 g/mol. The molecule has 0 saturated heterocycles. The highest BCUT2D eigenvalue weighted by atomic mass is 32.2. The van der Waals surface area contributed by atoms with E-state index in [0.29, 0.717) is 22.9 Å². The molecule has 0 aliphatic heterocycles. The van der Waals surface area contributed by atoms with Gasteiger partial charge in [0.05, 0.1) is 26.3 Å². The summed E-state index contributed by atoms with van der Waals surface area (Å²) < 4.78 is 40.2. The Labute approximate surface area is 219 Å². The molecule has 4 aromatic carbocycles. The fourth-order valence-corrected chi connectivity index (χ4v) is 5.10. The predicted octanol–water partition coefficient (Wildman–Crippen LogP) is 6.08. The van der Waals surface area contributed by atoms with E-state index in [0.717, 1.165) is 22.0 Å². The van der Waals surface area contributed by atoms with Gasteiger partial charge >= 0.3 is 5.97 Å². The number of carbonyl (C=O) groups is 1. The number of anilines is 2. The first-order chi connectivity index (χ1) is 17.9. The number of carbonyl (C=O) groups excluding carboxylic acids is 1. The number of methoxy groups -OCH3 is 2. The Morgan fingerprint density at radius 1 is 1.00 bits per heavy atom. The molecule has 37 heavy (non-hydrogen) atoms. The summed E-state index contributed by atoms with van der Waals surface area (Å²) in [7, 11) is 2.95. The van der Waals surface area contributed by atoms with E-state index in [4.69, 9.17) is 9.47 Å². The van der Waals surface area contributed by atoms with Crippen LogP contribution in [0.15, 0.2) is 89.8 Å². The number of esters is 1.